The molecule has 0 atom stereocenters. The predicted octanol–water partition coefficient (Wildman–Crippen LogP) is 0.356. The molecule has 0 bridgehead atoms. The number of carbonyl (C=O) groups excluding carboxylic acids is 2. The van der Waals surface area contributed by atoms with Crippen molar-refractivity contribution < 1.29 is 9.59 Å². The summed E-state index contributed by atoms with van der Waals surface area (Å²) in [4.78, 5) is 25.2. The number of nitrogens with one attached hydrogen (secondary N) is 1. The van der Waals surface area contributed by atoms with E-state index < -0.39 is 5.91 Å². The second-order valence-electron chi connectivity index (χ2n) is 4.78. The topological polar surface area (TPSA) is 75.4 Å². The van der Waals surface area contributed by atoms with Crippen LogP contribution in [-0.4, -0.2) is 42.4 Å². The number of thiophene rings is 1. The summed E-state index contributed by atoms with van der Waals surface area (Å²) in [5.74, 6) is -0.457. The van der Waals surface area contributed by atoms with Gasteiger partial charge in [0.25, 0.3) is 0 Å². The van der Waals surface area contributed by atoms with E-state index in [0.717, 1.165) is 31.5 Å². The number of hydrogen-bond acceptors (Lipinski definition) is 4. The second-order valence-corrected chi connectivity index (χ2v) is 5.56. The molecular formula is C13H19N3O2S. The van der Waals surface area contributed by atoms with Gasteiger partial charge in [-0.1, -0.05) is 0 Å². The van der Waals surface area contributed by atoms with Crippen molar-refractivity contribution >= 4 is 23.2 Å². The Kier molecular flexibility index (Phi) is 4.93. The lowest BCUT2D eigenvalue weighted by Crippen LogP contribution is -2.49. The molecule has 1 fully saturated rings. The van der Waals surface area contributed by atoms with Gasteiger partial charge in [0.1, 0.15) is 0 Å². The third-order valence-corrected chi connectivity index (χ3v) is 4.06. The van der Waals surface area contributed by atoms with Crippen LogP contribution in [0.4, 0.5) is 0 Å². The quantitative estimate of drug-likeness (QED) is 0.818. The van der Waals surface area contributed by atoms with Crippen LogP contribution in [0.2, 0.25) is 0 Å². The molecule has 1 aromatic rings. The summed E-state index contributed by atoms with van der Waals surface area (Å²) in [7, 11) is 0. The Labute approximate surface area is 116 Å². The molecule has 1 aliphatic heterocycles. The van der Waals surface area contributed by atoms with Crippen LogP contribution in [-0.2, 0) is 16.0 Å². The Morgan fingerprint density at radius 2 is 2.16 bits per heavy atom. The number of piperidine rings is 1. The zero-order valence-electron chi connectivity index (χ0n) is 10.8. The van der Waals surface area contributed by atoms with Crippen molar-refractivity contribution in [3.8, 4) is 0 Å². The first-order valence-electron chi connectivity index (χ1n) is 6.46. The molecule has 6 heteroatoms. The zero-order valence-corrected chi connectivity index (χ0v) is 11.6. The smallest absolute Gasteiger partial charge is 0.237 e. The molecule has 19 heavy (non-hydrogen) atoms. The van der Waals surface area contributed by atoms with E-state index in [9.17, 15) is 9.59 Å². The molecular weight excluding hydrogens is 262 g/mol. The summed E-state index contributed by atoms with van der Waals surface area (Å²) in [5, 5.41) is 7.17. The first kappa shape index (κ1) is 14.0. The Bertz CT molecular complexity index is 427. The summed E-state index contributed by atoms with van der Waals surface area (Å²) in [5.41, 5.74) is 6.26. The molecule has 0 unspecified atom stereocenters. The first-order valence-corrected chi connectivity index (χ1v) is 7.40. The maximum Gasteiger partial charge on any atom is 0.237 e. The van der Waals surface area contributed by atoms with Crippen molar-refractivity contribution in [1.82, 2.24) is 10.2 Å². The molecule has 0 aliphatic carbocycles. The van der Waals surface area contributed by atoms with Crippen LogP contribution in [0.15, 0.2) is 16.8 Å². The summed E-state index contributed by atoms with van der Waals surface area (Å²) < 4.78 is 0. The fraction of sp³-hybridized carbons (Fsp3) is 0.538. The van der Waals surface area contributed by atoms with Gasteiger partial charge in [0.15, 0.2) is 0 Å². The van der Waals surface area contributed by atoms with Crippen LogP contribution in [0.1, 0.15) is 18.4 Å². The van der Waals surface area contributed by atoms with Gasteiger partial charge in [0.2, 0.25) is 11.8 Å². The van der Waals surface area contributed by atoms with Gasteiger partial charge in [-0.15, -0.1) is 0 Å². The van der Waals surface area contributed by atoms with Gasteiger partial charge >= 0.3 is 0 Å². The van der Waals surface area contributed by atoms with Gasteiger partial charge in [-0.3, -0.25) is 9.59 Å². The van der Waals surface area contributed by atoms with Crippen LogP contribution in [0, 0.1) is 0 Å². The largest absolute Gasteiger partial charge is 0.368 e. The van der Waals surface area contributed by atoms with Gasteiger partial charge in [-0.25, -0.2) is 0 Å². The van der Waals surface area contributed by atoms with Crippen molar-refractivity contribution in [2.24, 2.45) is 5.73 Å². The van der Waals surface area contributed by atoms with Crippen LogP contribution in [0.25, 0.3) is 0 Å². The highest BCUT2D eigenvalue weighted by molar-refractivity contribution is 7.07. The Morgan fingerprint density at radius 3 is 2.74 bits per heavy atom. The van der Waals surface area contributed by atoms with E-state index in [-0.39, 0.29) is 18.5 Å². The molecule has 2 heterocycles. The van der Waals surface area contributed by atoms with E-state index in [4.69, 9.17) is 5.73 Å². The number of carbonyl (C=O) groups is 2. The molecule has 2 rings (SSSR count). The van der Waals surface area contributed by atoms with Gasteiger partial charge in [-0.05, 0) is 48.3 Å². The van der Waals surface area contributed by atoms with Crippen LogP contribution in [0.5, 0.6) is 0 Å². The maximum absolute atomic E-state index is 12.3. The van der Waals surface area contributed by atoms with Crippen LogP contribution in [0.3, 0.4) is 0 Å². The lowest BCUT2D eigenvalue weighted by molar-refractivity contribution is -0.137. The highest BCUT2D eigenvalue weighted by Gasteiger charge is 2.26. The van der Waals surface area contributed by atoms with Crippen molar-refractivity contribution in [1.29, 1.82) is 0 Å². The van der Waals surface area contributed by atoms with E-state index in [1.807, 2.05) is 16.8 Å². The first-order chi connectivity index (χ1) is 9.16. The second kappa shape index (κ2) is 6.68. The maximum atomic E-state index is 12.3. The third kappa shape index (κ3) is 4.04. The number of rotatable bonds is 5. The Balaban J connectivity index is 2.02. The zero-order chi connectivity index (χ0) is 13.7. The van der Waals surface area contributed by atoms with Gasteiger partial charge in [0, 0.05) is 6.04 Å². The highest BCUT2D eigenvalue weighted by Crippen LogP contribution is 2.15. The van der Waals surface area contributed by atoms with Gasteiger partial charge in [0.05, 0.1) is 13.0 Å². The fourth-order valence-electron chi connectivity index (χ4n) is 2.38. The van der Waals surface area contributed by atoms with Crippen LogP contribution < -0.4 is 11.1 Å². The Hall–Kier alpha value is -1.40. The van der Waals surface area contributed by atoms with E-state index in [1.165, 1.54) is 0 Å². The molecule has 0 radical (unpaired) electrons. The van der Waals surface area contributed by atoms with E-state index in [1.54, 1.807) is 16.2 Å². The number of nitrogens with zero attached hydrogens (tertiary/aromatic N) is 1. The number of primary amides is 1. The van der Waals surface area contributed by atoms with E-state index in [0.29, 0.717) is 6.42 Å². The summed E-state index contributed by atoms with van der Waals surface area (Å²) in [6.45, 7) is 1.78. The number of nitrogens with two attached hydrogens (primary N) is 1. The van der Waals surface area contributed by atoms with Crippen molar-refractivity contribution in [2.75, 3.05) is 19.6 Å². The van der Waals surface area contributed by atoms with Crippen molar-refractivity contribution in [2.45, 2.75) is 25.3 Å². The van der Waals surface area contributed by atoms with Crippen molar-refractivity contribution in [3.05, 3.63) is 22.4 Å². The molecule has 0 spiro atoms. The van der Waals surface area contributed by atoms with Crippen LogP contribution >= 0.6 is 11.3 Å². The SMILES string of the molecule is NC(=O)CN(C(=O)Cc1ccsc1)C1CCNCC1. The average molecular weight is 281 g/mol. The summed E-state index contributed by atoms with van der Waals surface area (Å²) >= 11 is 1.57. The molecule has 1 aliphatic rings. The minimum atomic E-state index is -0.447. The Morgan fingerprint density at radius 1 is 1.42 bits per heavy atom. The van der Waals surface area contributed by atoms with Crippen molar-refractivity contribution in [3.63, 3.8) is 0 Å². The standard InChI is InChI=1S/C13H19N3O2S/c14-12(17)8-16(11-1-4-15-5-2-11)13(18)7-10-3-6-19-9-10/h3,6,9,11,15H,1-2,4-5,7-8H2,(H2,14,17). The van der Waals surface area contributed by atoms with E-state index in [2.05, 4.69) is 5.32 Å². The van der Waals surface area contributed by atoms with Gasteiger partial charge in [-0.2, -0.15) is 11.3 Å². The third-order valence-electron chi connectivity index (χ3n) is 3.33. The minimum absolute atomic E-state index is 0.0101. The summed E-state index contributed by atoms with van der Waals surface area (Å²) in [6.07, 6.45) is 2.10. The number of amides is 2. The number of hydrogen-bond donors (Lipinski definition) is 2. The molecule has 3 N–H and O–H groups in total. The molecule has 104 valence electrons. The normalized spacial score (nSPS) is 16.2. The molecule has 1 aromatic heterocycles. The summed E-state index contributed by atoms with van der Waals surface area (Å²) in [6, 6.07) is 2.06. The molecule has 5 nitrogen and oxygen atoms in total. The van der Waals surface area contributed by atoms with E-state index >= 15 is 0 Å². The monoisotopic (exact) mass is 281 g/mol. The lowest BCUT2D eigenvalue weighted by atomic mass is 10.0. The molecule has 2 amide bonds. The van der Waals surface area contributed by atoms with Gasteiger partial charge < -0.3 is 16.0 Å². The molecule has 0 aromatic carbocycles. The molecule has 1 saturated heterocycles. The average Bonchev–Trinajstić information content (AvgIpc) is 2.89. The highest BCUT2D eigenvalue weighted by atomic mass is 32.1. The minimum Gasteiger partial charge on any atom is -0.368 e. The predicted molar refractivity (Wildman–Crippen MR) is 74.8 cm³/mol. The fourth-order valence-corrected chi connectivity index (χ4v) is 3.05. The lowest BCUT2D eigenvalue weighted by Gasteiger charge is -2.34. The molecule has 0 saturated carbocycles.